The van der Waals surface area contributed by atoms with Crippen LogP contribution in [0.5, 0.6) is 0 Å². The molecule has 2 unspecified atom stereocenters. The fourth-order valence-electron chi connectivity index (χ4n) is 5.15. The van der Waals surface area contributed by atoms with Crippen LogP contribution in [0.3, 0.4) is 0 Å². The van der Waals surface area contributed by atoms with Gasteiger partial charge in [-0.15, -0.1) is 0 Å². The Kier molecular flexibility index (Phi) is 3.66. The van der Waals surface area contributed by atoms with Gasteiger partial charge < -0.3 is 4.90 Å². The summed E-state index contributed by atoms with van der Waals surface area (Å²) in [7, 11) is 0. The normalized spacial score (nSPS) is 35.3. The minimum atomic E-state index is 0.616. The van der Waals surface area contributed by atoms with Crippen molar-refractivity contribution in [2.45, 2.75) is 58.2 Å². The third-order valence-corrected chi connectivity index (χ3v) is 6.17. The Balaban J connectivity index is 1.73. The zero-order valence-electron chi connectivity index (χ0n) is 14.3. The van der Waals surface area contributed by atoms with Gasteiger partial charge in [-0.2, -0.15) is 0 Å². The summed E-state index contributed by atoms with van der Waals surface area (Å²) >= 11 is 0. The number of allylic oxidation sites excluding steroid dienone is 2. The van der Waals surface area contributed by atoms with E-state index < -0.39 is 0 Å². The van der Waals surface area contributed by atoms with Crippen LogP contribution in [-0.2, 0) is 0 Å². The molecule has 0 aromatic carbocycles. The Labute approximate surface area is 134 Å². The van der Waals surface area contributed by atoms with Crippen LogP contribution in [0.1, 0.15) is 40.0 Å². The van der Waals surface area contributed by atoms with Crippen LogP contribution in [0.25, 0.3) is 0 Å². The maximum absolute atomic E-state index is 2.74. The van der Waals surface area contributed by atoms with Crippen LogP contribution in [0.4, 0.5) is 0 Å². The van der Waals surface area contributed by atoms with Crippen molar-refractivity contribution < 1.29 is 0 Å². The maximum Gasteiger partial charge on any atom is 0.0548 e. The number of hydrogen-bond acceptors (Lipinski definition) is 3. The van der Waals surface area contributed by atoms with E-state index in [0.29, 0.717) is 18.1 Å². The first-order valence-electron chi connectivity index (χ1n) is 9.08. The van der Waals surface area contributed by atoms with Crippen molar-refractivity contribution in [3.05, 3.63) is 35.2 Å². The van der Waals surface area contributed by atoms with E-state index in [4.69, 9.17) is 0 Å². The summed E-state index contributed by atoms with van der Waals surface area (Å²) in [4.78, 5) is 8.06. The van der Waals surface area contributed by atoms with E-state index in [1.54, 1.807) is 11.1 Å². The number of rotatable bonds is 2. The lowest BCUT2D eigenvalue weighted by molar-refractivity contribution is -0.000226. The van der Waals surface area contributed by atoms with Crippen LogP contribution in [-0.4, -0.2) is 59.0 Å². The number of nitrogens with zero attached hydrogens (tertiary/aromatic N) is 3. The Bertz CT molecular complexity index is 545. The van der Waals surface area contributed by atoms with Crippen molar-refractivity contribution in [1.82, 2.24) is 14.7 Å². The first kappa shape index (κ1) is 14.5. The van der Waals surface area contributed by atoms with E-state index in [2.05, 4.69) is 53.8 Å². The molecule has 3 atom stereocenters. The molecular weight excluding hydrogens is 270 g/mol. The molecule has 4 aliphatic rings. The largest absolute Gasteiger partial charge is 0.343 e. The standard InChI is InChI=1S/C19H29N3/c1-4-20-10-11-21(5-2)19-17-12-15-8-6-7-9-16(15)22(17)13-14(3)18(19)20/h7,9,13,17-19H,4-6,8,10-12H2,1-3H3/t17-,18?,19?/m1/s1. The van der Waals surface area contributed by atoms with Gasteiger partial charge in [0.2, 0.25) is 0 Å². The van der Waals surface area contributed by atoms with Gasteiger partial charge in [-0.1, -0.05) is 19.9 Å². The van der Waals surface area contributed by atoms with Crippen LogP contribution < -0.4 is 0 Å². The molecule has 0 saturated carbocycles. The van der Waals surface area contributed by atoms with Crippen LogP contribution in [0.15, 0.2) is 35.2 Å². The number of likely N-dealkylation sites (N-methyl/N-ethyl adjacent to an activating group) is 2. The molecule has 1 aliphatic carbocycles. The second kappa shape index (κ2) is 5.54. The first-order valence-corrected chi connectivity index (χ1v) is 9.08. The Hall–Kier alpha value is -1.06. The highest BCUT2D eigenvalue weighted by Crippen LogP contribution is 2.43. The van der Waals surface area contributed by atoms with Crippen LogP contribution >= 0.6 is 0 Å². The lowest BCUT2D eigenvalue weighted by Crippen LogP contribution is -2.67. The molecule has 0 spiro atoms. The van der Waals surface area contributed by atoms with Crippen molar-refractivity contribution in [1.29, 1.82) is 0 Å². The highest BCUT2D eigenvalue weighted by atomic mass is 15.4. The van der Waals surface area contributed by atoms with Gasteiger partial charge in [0.25, 0.3) is 0 Å². The molecule has 1 fully saturated rings. The SMILES string of the molecule is CCN1CCN(CC)C2C1C(C)=CN1C3=C(CCC=C3)C[C@H]21. The van der Waals surface area contributed by atoms with Gasteiger partial charge in [0.1, 0.15) is 0 Å². The van der Waals surface area contributed by atoms with Gasteiger partial charge in [0.15, 0.2) is 0 Å². The summed E-state index contributed by atoms with van der Waals surface area (Å²) in [5.74, 6) is 0. The third-order valence-electron chi connectivity index (χ3n) is 6.17. The minimum Gasteiger partial charge on any atom is -0.343 e. The first-order chi connectivity index (χ1) is 10.7. The van der Waals surface area contributed by atoms with Crippen molar-refractivity contribution in [3.8, 4) is 0 Å². The molecule has 3 heteroatoms. The van der Waals surface area contributed by atoms with E-state index in [-0.39, 0.29) is 0 Å². The van der Waals surface area contributed by atoms with Gasteiger partial charge in [-0.3, -0.25) is 9.80 Å². The molecule has 3 aliphatic heterocycles. The fraction of sp³-hybridized carbons (Fsp3) is 0.684. The van der Waals surface area contributed by atoms with Gasteiger partial charge in [-0.05, 0) is 56.5 Å². The Morgan fingerprint density at radius 3 is 2.68 bits per heavy atom. The van der Waals surface area contributed by atoms with Crippen molar-refractivity contribution in [3.63, 3.8) is 0 Å². The fourth-order valence-corrected chi connectivity index (χ4v) is 5.15. The molecule has 0 N–H and O–H groups in total. The molecule has 3 nitrogen and oxygen atoms in total. The monoisotopic (exact) mass is 299 g/mol. The molecular formula is C19H29N3. The summed E-state index contributed by atoms with van der Waals surface area (Å²) in [5, 5.41) is 0. The van der Waals surface area contributed by atoms with Crippen molar-refractivity contribution in [2.75, 3.05) is 26.2 Å². The van der Waals surface area contributed by atoms with Crippen LogP contribution in [0, 0.1) is 0 Å². The molecule has 4 rings (SSSR count). The molecule has 3 heterocycles. The van der Waals surface area contributed by atoms with Gasteiger partial charge >= 0.3 is 0 Å². The quantitative estimate of drug-likeness (QED) is 0.776. The van der Waals surface area contributed by atoms with E-state index in [1.807, 2.05) is 0 Å². The third kappa shape index (κ3) is 2.02. The van der Waals surface area contributed by atoms with E-state index >= 15 is 0 Å². The molecule has 120 valence electrons. The average molecular weight is 299 g/mol. The molecule has 0 radical (unpaired) electrons. The zero-order valence-corrected chi connectivity index (χ0v) is 14.3. The molecule has 0 aromatic heterocycles. The highest BCUT2D eigenvalue weighted by molar-refractivity contribution is 5.40. The zero-order chi connectivity index (χ0) is 15.3. The summed E-state index contributed by atoms with van der Waals surface area (Å²) in [5.41, 5.74) is 4.76. The number of hydrogen-bond donors (Lipinski definition) is 0. The predicted octanol–water partition coefficient (Wildman–Crippen LogP) is 2.98. The molecule has 0 bridgehead atoms. The Morgan fingerprint density at radius 1 is 1.14 bits per heavy atom. The lowest BCUT2D eigenvalue weighted by atomic mass is 9.84. The van der Waals surface area contributed by atoms with Crippen molar-refractivity contribution in [2.24, 2.45) is 0 Å². The maximum atomic E-state index is 2.74. The smallest absolute Gasteiger partial charge is 0.0548 e. The number of piperazine rings is 1. The molecule has 1 saturated heterocycles. The molecule has 0 amide bonds. The van der Waals surface area contributed by atoms with Gasteiger partial charge in [-0.25, -0.2) is 0 Å². The summed E-state index contributed by atoms with van der Waals surface area (Å²) in [6, 6.07) is 1.92. The number of fused-ring (bicyclic) bond motifs is 4. The van der Waals surface area contributed by atoms with E-state index in [1.165, 1.54) is 51.1 Å². The second-order valence-corrected chi connectivity index (χ2v) is 7.17. The van der Waals surface area contributed by atoms with Crippen molar-refractivity contribution >= 4 is 0 Å². The van der Waals surface area contributed by atoms with Crippen LogP contribution in [0.2, 0.25) is 0 Å². The van der Waals surface area contributed by atoms with Gasteiger partial charge in [0.05, 0.1) is 12.1 Å². The molecule has 22 heavy (non-hydrogen) atoms. The topological polar surface area (TPSA) is 9.72 Å². The van der Waals surface area contributed by atoms with E-state index in [9.17, 15) is 0 Å². The van der Waals surface area contributed by atoms with E-state index in [0.717, 1.165) is 0 Å². The second-order valence-electron chi connectivity index (χ2n) is 7.17. The summed E-state index contributed by atoms with van der Waals surface area (Å²) < 4.78 is 0. The summed E-state index contributed by atoms with van der Waals surface area (Å²) in [6.45, 7) is 11.8. The lowest BCUT2D eigenvalue weighted by Gasteiger charge is -2.54. The molecule has 0 aromatic rings. The Morgan fingerprint density at radius 2 is 1.91 bits per heavy atom. The highest BCUT2D eigenvalue weighted by Gasteiger charge is 2.48. The average Bonchev–Trinajstić information content (AvgIpc) is 2.92. The summed E-state index contributed by atoms with van der Waals surface area (Å²) in [6.07, 6.45) is 11.0. The van der Waals surface area contributed by atoms with Gasteiger partial charge in [0, 0.05) is 31.0 Å². The predicted molar refractivity (Wildman–Crippen MR) is 91.5 cm³/mol. The minimum absolute atomic E-state index is 0.616.